The summed E-state index contributed by atoms with van der Waals surface area (Å²) in [7, 11) is 0. The smallest absolute Gasteiger partial charge is 0.310 e. The molecule has 0 amide bonds. The van der Waals surface area contributed by atoms with Crippen molar-refractivity contribution >= 4 is 27.7 Å². The first-order chi connectivity index (χ1) is 8.45. The Hall–Kier alpha value is -1.16. The molecular formula is C14H17BrO3. The first kappa shape index (κ1) is 14.9. The lowest BCUT2D eigenvalue weighted by Gasteiger charge is -2.09. The van der Waals surface area contributed by atoms with E-state index in [1.807, 2.05) is 13.0 Å². The van der Waals surface area contributed by atoms with Crippen molar-refractivity contribution in [1.29, 1.82) is 0 Å². The van der Waals surface area contributed by atoms with Gasteiger partial charge in [0.25, 0.3) is 0 Å². The molecule has 0 fully saturated rings. The topological polar surface area (TPSA) is 43.4 Å². The van der Waals surface area contributed by atoms with Crippen LogP contribution in [0.4, 0.5) is 0 Å². The van der Waals surface area contributed by atoms with Gasteiger partial charge in [-0.2, -0.15) is 0 Å². The number of halogens is 1. The molecule has 1 atom stereocenters. The maximum atomic E-state index is 11.9. The van der Waals surface area contributed by atoms with Crippen LogP contribution >= 0.6 is 15.9 Å². The van der Waals surface area contributed by atoms with Crippen molar-refractivity contribution in [1.82, 2.24) is 0 Å². The van der Waals surface area contributed by atoms with Crippen molar-refractivity contribution in [3.05, 3.63) is 34.9 Å². The number of aryl methyl sites for hydroxylation is 1. The average Bonchev–Trinajstić information content (AvgIpc) is 2.28. The average molecular weight is 313 g/mol. The molecule has 1 aromatic rings. The highest BCUT2D eigenvalue weighted by Gasteiger charge is 2.15. The zero-order chi connectivity index (χ0) is 13.7. The van der Waals surface area contributed by atoms with Crippen LogP contribution in [0.25, 0.3) is 0 Å². The first-order valence-electron chi connectivity index (χ1n) is 5.89. The highest BCUT2D eigenvalue weighted by molar-refractivity contribution is 9.10. The van der Waals surface area contributed by atoms with Gasteiger partial charge in [-0.25, -0.2) is 0 Å². The van der Waals surface area contributed by atoms with E-state index in [2.05, 4.69) is 15.9 Å². The minimum Gasteiger partial charge on any atom is -0.466 e. The van der Waals surface area contributed by atoms with Crippen LogP contribution in [0, 0.1) is 6.92 Å². The van der Waals surface area contributed by atoms with Crippen LogP contribution < -0.4 is 0 Å². The third-order valence-electron chi connectivity index (χ3n) is 2.57. The van der Waals surface area contributed by atoms with E-state index < -0.39 is 0 Å². The summed E-state index contributed by atoms with van der Waals surface area (Å²) in [4.78, 5) is 23.0. The highest BCUT2D eigenvalue weighted by atomic mass is 79.9. The standard InChI is InChI=1S/C14H17BrO3/c1-4-18-13(16)8-11-5-6-12(9(2)7-11)14(17)10(3)15/h5-7,10H,4,8H2,1-3H3. The number of esters is 1. The Balaban J connectivity index is 2.86. The zero-order valence-corrected chi connectivity index (χ0v) is 12.4. The summed E-state index contributed by atoms with van der Waals surface area (Å²) in [5.74, 6) is -0.194. The van der Waals surface area contributed by atoms with Crippen LogP contribution in [0.1, 0.15) is 35.3 Å². The van der Waals surface area contributed by atoms with E-state index in [0.717, 1.165) is 11.1 Å². The molecule has 0 N–H and O–H groups in total. The van der Waals surface area contributed by atoms with E-state index in [-0.39, 0.29) is 23.0 Å². The molecule has 0 saturated carbocycles. The molecule has 1 unspecified atom stereocenters. The Morgan fingerprint density at radius 3 is 2.56 bits per heavy atom. The lowest BCUT2D eigenvalue weighted by molar-refractivity contribution is -0.142. The van der Waals surface area contributed by atoms with Crippen LogP contribution in [0.2, 0.25) is 0 Å². The summed E-state index contributed by atoms with van der Waals surface area (Å²) in [6, 6.07) is 5.43. The molecule has 18 heavy (non-hydrogen) atoms. The molecule has 0 saturated heterocycles. The summed E-state index contributed by atoms with van der Waals surface area (Å²) in [5.41, 5.74) is 2.44. The molecule has 1 rings (SSSR count). The fraction of sp³-hybridized carbons (Fsp3) is 0.429. The maximum absolute atomic E-state index is 11.9. The third kappa shape index (κ3) is 3.95. The predicted molar refractivity (Wildman–Crippen MR) is 74.2 cm³/mol. The Morgan fingerprint density at radius 2 is 2.06 bits per heavy atom. The Morgan fingerprint density at radius 1 is 1.39 bits per heavy atom. The summed E-state index contributed by atoms with van der Waals surface area (Å²) in [6.07, 6.45) is 0.243. The van der Waals surface area contributed by atoms with Crippen molar-refractivity contribution in [2.45, 2.75) is 32.0 Å². The Bertz CT molecular complexity index is 452. The van der Waals surface area contributed by atoms with E-state index >= 15 is 0 Å². The molecule has 0 aliphatic rings. The monoisotopic (exact) mass is 312 g/mol. The first-order valence-corrected chi connectivity index (χ1v) is 6.80. The summed E-state index contributed by atoms with van der Waals surface area (Å²) in [5, 5.41) is 0. The van der Waals surface area contributed by atoms with Gasteiger partial charge in [-0.3, -0.25) is 9.59 Å². The van der Waals surface area contributed by atoms with E-state index in [1.54, 1.807) is 26.0 Å². The lowest BCUT2D eigenvalue weighted by atomic mass is 9.99. The second-order valence-corrected chi connectivity index (χ2v) is 5.48. The van der Waals surface area contributed by atoms with Gasteiger partial charge in [-0.1, -0.05) is 34.1 Å². The van der Waals surface area contributed by atoms with E-state index in [9.17, 15) is 9.59 Å². The number of hydrogen-bond acceptors (Lipinski definition) is 3. The van der Waals surface area contributed by atoms with Gasteiger partial charge in [-0.15, -0.1) is 0 Å². The van der Waals surface area contributed by atoms with Crippen LogP contribution in [-0.2, 0) is 16.0 Å². The molecule has 3 nitrogen and oxygen atoms in total. The molecule has 0 aliphatic heterocycles. The lowest BCUT2D eigenvalue weighted by Crippen LogP contribution is -2.12. The van der Waals surface area contributed by atoms with Gasteiger partial charge in [0.15, 0.2) is 5.78 Å². The summed E-state index contributed by atoms with van der Waals surface area (Å²) >= 11 is 3.27. The molecule has 0 aromatic heterocycles. The predicted octanol–water partition coefficient (Wildman–Crippen LogP) is 3.07. The maximum Gasteiger partial charge on any atom is 0.310 e. The minimum atomic E-state index is -0.246. The molecule has 98 valence electrons. The van der Waals surface area contributed by atoms with Gasteiger partial charge in [0.1, 0.15) is 0 Å². The van der Waals surface area contributed by atoms with Crippen LogP contribution in [0.5, 0.6) is 0 Å². The van der Waals surface area contributed by atoms with Crippen LogP contribution in [-0.4, -0.2) is 23.2 Å². The molecular weight excluding hydrogens is 296 g/mol. The number of Topliss-reactive ketones (excluding diaryl/α,β-unsaturated/α-hetero) is 1. The number of carbonyl (C=O) groups excluding carboxylic acids is 2. The molecule has 4 heteroatoms. The van der Waals surface area contributed by atoms with Crippen molar-refractivity contribution in [3.8, 4) is 0 Å². The third-order valence-corrected chi connectivity index (χ3v) is 2.99. The summed E-state index contributed by atoms with van der Waals surface area (Å²) < 4.78 is 4.89. The van der Waals surface area contributed by atoms with Gasteiger partial charge in [-0.05, 0) is 31.9 Å². The number of ether oxygens (including phenoxy) is 1. The van der Waals surface area contributed by atoms with Crippen molar-refractivity contribution in [2.24, 2.45) is 0 Å². The largest absolute Gasteiger partial charge is 0.466 e. The van der Waals surface area contributed by atoms with E-state index in [0.29, 0.717) is 12.2 Å². The van der Waals surface area contributed by atoms with Gasteiger partial charge in [0.05, 0.1) is 17.9 Å². The number of rotatable bonds is 5. The summed E-state index contributed by atoms with van der Waals surface area (Å²) in [6.45, 7) is 5.84. The second kappa shape index (κ2) is 6.69. The zero-order valence-electron chi connectivity index (χ0n) is 10.8. The van der Waals surface area contributed by atoms with Crippen molar-refractivity contribution in [2.75, 3.05) is 6.61 Å². The van der Waals surface area contributed by atoms with Crippen molar-refractivity contribution < 1.29 is 14.3 Å². The normalized spacial score (nSPS) is 12.0. The second-order valence-electron chi connectivity index (χ2n) is 4.11. The highest BCUT2D eigenvalue weighted by Crippen LogP contribution is 2.16. The van der Waals surface area contributed by atoms with Crippen molar-refractivity contribution in [3.63, 3.8) is 0 Å². The molecule has 0 spiro atoms. The minimum absolute atomic E-state index is 0.0511. The quantitative estimate of drug-likeness (QED) is 0.477. The molecule has 1 aromatic carbocycles. The van der Waals surface area contributed by atoms with Crippen LogP contribution in [0.15, 0.2) is 18.2 Å². The SMILES string of the molecule is CCOC(=O)Cc1ccc(C(=O)C(C)Br)c(C)c1. The fourth-order valence-electron chi connectivity index (χ4n) is 1.71. The van der Waals surface area contributed by atoms with Gasteiger partial charge >= 0.3 is 5.97 Å². The molecule has 0 aliphatic carbocycles. The molecule has 0 radical (unpaired) electrons. The fourth-order valence-corrected chi connectivity index (χ4v) is 1.95. The number of benzene rings is 1. The van der Waals surface area contributed by atoms with E-state index in [4.69, 9.17) is 4.74 Å². The number of ketones is 1. The van der Waals surface area contributed by atoms with E-state index in [1.165, 1.54) is 0 Å². The van der Waals surface area contributed by atoms with Crippen LogP contribution in [0.3, 0.4) is 0 Å². The number of hydrogen-bond donors (Lipinski definition) is 0. The number of carbonyl (C=O) groups is 2. The van der Waals surface area contributed by atoms with Gasteiger partial charge in [0, 0.05) is 5.56 Å². The van der Waals surface area contributed by atoms with Gasteiger partial charge < -0.3 is 4.74 Å². The molecule has 0 heterocycles. The Kier molecular flexibility index (Phi) is 5.54. The number of alkyl halides is 1. The Labute approximate surface area is 116 Å². The molecule has 0 bridgehead atoms. The van der Waals surface area contributed by atoms with Gasteiger partial charge in [0.2, 0.25) is 0 Å².